The van der Waals surface area contributed by atoms with E-state index in [-0.39, 0.29) is 44.6 Å². The first-order valence-corrected chi connectivity index (χ1v) is 14.7. The summed E-state index contributed by atoms with van der Waals surface area (Å²) in [6, 6.07) is 5.79. The highest BCUT2D eigenvalue weighted by atomic mass is 127. The molecule has 0 fully saturated rings. The summed E-state index contributed by atoms with van der Waals surface area (Å²) in [5.41, 5.74) is -0.253. The van der Waals surface area contributed by atoms with Crippen LogP contribution in [0.25, 0.3) is 32.6 Å². The Morgan fingerprint density at radius 1 is 1.19 bits per heavy atom. The Hall–Kier alpha value is -3.57. The Labute approximate surface area is 255 Å². The minimum absolute atomic E-state index is 0.0314. The molecule has 0 aliphatic carbocycles. The van der Waals surface area contributed by atoms with E-state index in [9.17, 15) is 27.6 Å². The fourth-order valence-corrected chi connectivity index (χ4v) is 5.78. The van der Waals surface area contributed by atoms with Crippen molar-refractivity contribution in [1.82, 2.24) is 19.9 Å². The average Bonchev–Trinajstić information content (AvgIpc) is 3.45. The third kappa shape index (κ3) is 6.73. The van der Waals surface area contributed by atoms with E-state index in [4.69, 9.17) is 9.47 Å². The highest BCUT2D eigenvalue weighted by Crippen LogP contribution is 2.39. The number of benzene rings is 1. The zero-order valence-corrected chi connectivity index (χ0v) is 25.5. The maximum atomic E-state index is 13.5. The summed E-state index contributed by atoms with van der Waals surface area (Å²) in [7, 11) is 1.53. The lowest BCUT2D eigenvalue weighted by molar-refractivity contribution is -0.140. The normalized spacial score (nSPS) is 12.3. The molecule has 15 heteroatoms. The largest absolute Gasteiger partial charge is 0.462 e. The van der Waals surface area contributed by atoms with Crippen molar-refractivity contribution in [3.63, 3.8) is 0 Å². The van der Waals surface area contributed by atoms with E-state index in [0.717, 1.165) is 16.7 Å². The van der Waals surface area contributed by atoms with E-state index in [1.54, 1.807) is 36.6 Å². The van der Waals surface area contributed by atoms with Crippen LogP contribution in [0.15, 0.2) is 46.8 Å². The molecule has 0 saturated carbocycles. The number of rotatable bonds is 9. The fraction of sp³-hybridized carbons (Fsp3) is 0.296. The maximum Gasteiger partial charge on any atom is 0.434 e. The minimum atomic E-state index is -4.65. The van der Waals surface area contributed by atoms with Crippen molar-refractivity contribution >= 4 is 62.6 Å². The predicted octanol–water partition coefficient (Wildman–Crippen LogP) is 6.10. The molecule has 0 spiro atoms. The van der Waals surface area contributed by atoms with Gasteiger partial charge in [0, 0.05) is 47.9 Å². The number of hydrogen-bond acceptors (Lipinski definition) is 8. The van der Waals surface area contributed by atoms with E-state index in [1.807, 2.05) is 0 Å². The highest BCUT2D eigenvalue weighted by molar-refractivity contribution is 14.1. The number of thiazole rings is 1. The van der Waals surface area contributed by atoms with Crippen molar-refractivity contribution in [3.8, 4) is 21.7 Å². The maximum absolute atomic E-state index is 13.5. The molecule has 4 aromatic rings. The highest BCUT2D eigenvalue weighted by Gasteiger charge is 2.34. The van der Waals surface area contributed by atoms with Gasteiger partial charge in [-0.3, -0.25) is 10.1 Å². The first-order valence-electron chi connectivity index (χ1n) is 12.6. The van der Waals surface area contributed by atoms with Gasteiger partial charge in [-0.05, 0) is 37.6 Å². The number of esters is 1. The molecule has 3 aromatic heterocycles. The lowest BCUT2D eigenvalue weighted by atomic mass is 9.99. The molecule has 1 aromatic carbocycles. The van der Waals surface area contributed by atoms with E-state index in [2.05, 4.69) is 43.2 Å². The molecule has 3 heterocycles. The molecule has 10 nitrogen and oxygen atoms in total. The Morgan fingerprint density at radius 3 is 2.60 bits per heavy atom. The Bertz CT molecular complexity index is 1690. The molecule has 0 saturated heterocycles. The second kappa shape index (κ2) is 13.2. The van der Waals surface area contributed by atoms with Gasteiger partial charge in [-0.25, -0.2) is 19.6 Å². The summed E-state index contributed by atoms with van der Waals surface area (Å²) < 4.78 is 52.0. The van der Waals surface area contributed by atoms with E-state index >= 15 is 0 Å². The van der Waals surface area contributed by atoms with Crippen LogP contribution in [0.5, 0.6) is 0 Å². The molecule has 42 heavy (non-hydrogen) atoms. The average molecular weight is 715 g/mol. The standard InChI is InChI=1S/C27H25F3IN5O5S/c1-4-32-26(39)35-22-9-15(24-34-20(13-42-24)27(28,29)30)17(10-33-22)14-6-7-19-16(8-14)23(37)18(25(38)41-5-2)11-36(19)21(31)12-40-3/h6-11,13,21H,4-5,12H2,1-3H3,(H2,32,33,35,39). The van der Waals surface area contributed by atoms with Crippen LogP contribution >= 0.6 is 33.9 Å². The molecule has 222 valence electrons. The minimum Gasteiger partial charge on any atom is -0.462 e. The van der Waals surface area contributed by atoms with Crippen LogP contribution in [0.2, 0.25) is 0 Å². The first-order chi connectivity index (χ1) is 20.0. The second-order valence-corrected chi connectivity index (χ2v) is 11.1. The van der Waals surface area contributed by atoms with Crippen molar-refractivity contribution in [3.05, 3.63) is 63.5 Å². The number of halogens is 4. The van der Waals surface area contributed by atoms with Gasteiger partial charge >= 0.3 is 18.2 Å². The Kier molecular flexibility index (Phi) is 9.83. The second-order valence-electron chi connectivity index (χ2n) is 8.76. The zero-order valence-electron chi connectivity index (χ0n) is 22.5. The predicted molar refractivity (Wildman–Crippen MR) is 161 cm³/mol. The molecule has 2 amide bonds. The summed E-state index contributed by atoms with van der Waals surface area (Å²) >= 11 is 2.90. The Morgan fingerprint density at radius 2 is 1.95 bits per heavy atom. The molecule has 1 atom stereocenters. The number of pyridine rings is 2. The number of amides is 2. The Balaban J connectivity index is 1.94. The number of nitrogens with zero attached hydrogens (tertiary/aromatic N) is 3. The van der Waals surface area contributed by atoms with Crippen LogP contribution < -0.4 is 16.1 Å². The third-order valence-electron chi connectivity index (χ3n) is 5.95. The fourth-order valence-electron chi connectivity index (χ4n) is 4.11. The molecular formula is C27H25F3IN5O5S. The third-order valence-corrected chi connectivity index (χ3v) is 7.79. The molecular weight excluding hydrogens is 690 g/mol. The molecule has 0 radical (unpaired) electrons. The number of methoxy groups -OCH3 is 1. The van der Waals surface area contributed by atoms with Crippen LogP contribution in [0, 0.1) is 0 Å². The number of carbonyl (C=O) groups excluding carboxylic acids is 2. The van der Waals surface area contributed by atoms with Gasteiger partial charge in [-0.15, -0.1) is 11.3 Å². The van der Waals surface area contributed by atoms with Gasteiger partial charge in [-0.1, -0.05) is 28.7 Å². The number of fused-ring (bicyclic) bond motifs is 1. The van der Waals surface area contributed by atoms with Crippen molar-refractivity contribution in [2.75, 3.05) is 32.2 Å². The summed E-state index contributed by atoms with van der Waals surface area (Å²) in [6.45, 7) is 4.06. The van der Waals surface area contributed by atoms with Gasteiger partial charge in [0.25, 0.3) is 0 Å². The monoisotopic (exact) mass is 715 g/mol. The van der Waals surface area contributed by atoms with E-state index < -0.39 is 29.3 Å². The number of nitrogens with one attached hydrogen (secondary N) is 2. The van der Waals surface area contributed by atoms with Gasteiger partial charge in [0.05, 0.1) is 18.7 Å². The molecule has 0 aliphatic rings. The number of carbonyl (C=O) groups is 2. The molecule has 1 unspecified atom stereocenters. The smallest absolute Gasteiger partial charge is 0.434 e. The van der Waals surface area contributed by atoms with Crippen LogP contribution in [-0.4, -0.2) is 53.4 Å². The summed E-state index contributed by atoms with van der Waals surface area (Å²) in [5, 5.41) is 6.22. The summed E-state index contributed by atoms with van der Waals surface area (Å²) in [6.07, 6.45) is -1.84. The number of aromatic nitrogens is 3. The van der Waals surface area contributed by atoms with Gasteiger partial charge in [0.2, 0.25) is 5.43 Å². The van der Waals surface area contributed by atoms with Gasteiger partial charge in [0.1, 0.15) is 20.4 Å². The van der Waals surface area contributed by atoms with Crippen LogP contribution in [0.1, 0.15) is 33.9 Å². The summed E-state index contributed by atoms with van der Waals surface area (Å²) in [4.78, 5) is 46.3. The number of anilines is 1. The number of urea groups is 1. The summed E-state index contributed by atoms with van der Waals surface area (Å²) in [5.74, 6) is -0.696. The first kappa shape index (κ1) is 31.4. The van der Waals surface area contributed by atoms with Gasteiger partial charge in [0.15, 0.2) is 5.69 Å². The van der Waals surface area contributed by atoms with Crippen LogP contribution in [0.4, 0.5) is 23.8 Å². The molecule has 4 rings (SSSR count). The zero-order chi connectivity index (χ0) is 30.6. The van der Waals surface area contributed by atoms with Crippen molar-refractivity contribution in [1.29, 1.82) is 0 Å². The lowest BCUT2D eigenvalue weighted by Gasteiger charge is -2.19. The molecule has 2 N–H and O–H groups in total. The lowest BCUT2D eigenvalue weighted by Crippen LogP contribution is -2.28. The molecule has 0 aliphatic heterocycles. The van der Waals surface area contributed by atoms with Gasteiger partial charge < -0.3 is 19.4 Å². The topological polar surface area (TPSA) is 124 Å². The van der Waals surface area contributed by atoms with Crippen LogP contribution in [0.3, 0.4) is 0 Å². The number of ether oxygens (including phenoxy) is 2. The SMILES string of the molecule is CCNC(=O)Nc1cc(-c2nc(C(F)(F)F)cs2)c(-c2ccc3c(c2)c(=O)c(C(=O)OCC)cn3C(I)COC)cn1. The van der Waals surface area contributed by atoms with E-state index in [0.29, 0.717) is 23.2 Å². The van der Waals surface area contributed by atoms with Crippen LogP contribution in [-0.2, 0) is 15.7 Å². The van der Waals surface area contributed by atoms with Crippen molar-refractivity contribution in [2.24, 2.45) is 0 Å². The van der Waals surface area contributed by atoms with Crippen molar-refractivity contribution < 1.29 is 32.2 Å². The molecule has 0 bridgehead atoms. The number of hydrogen-bond donors (Lipinski definition) is 2. The van der Waals surface area contributed by atoms with Crippen molar-refractivity contribution in [2.45, 2.75) is 24.1 Å². The van der Waals surface area contributed by atoms with Gasteiger partial charge in [-0.2, -0.15) is 13.2 Å². The van der Waals surface area contributed by atoms with E-state index in [1.165, 1.54) is 25.6 Å². The quantitative estimate of drug-likeness (QED) is 0.122. The number of alkyl halides is 4.